The first-order valence-electron chi connectivity index (χ1n) is 7.09. The fraction of sp³-hybridized carbons (Fsp3) is 0.533. The smallest absolute Gasteiger partial charge is 0.338 e. The van der Waals surface area contributed by atoms with E-state index in [2.05, 4.69) is 6.07 Å². The monoisotopic (exact) mass is 304 g/mol. The third-order valence-corrected chi connectivity index (χ3v) is 5.83. The highest BCUT2D eigenvalue weighted by molar-refractivity contribution is 7.18. The summed E-state index contributed by atoms with van der Waals surface area (Å²) in [6.45, 7) is 0. The Labute approximate surface area is 126 Å². The first-order chi connectivity index (χ1) is 9.98. The lowest BCUT2D eigenvalue weighted by atomic mass is 9.65. The van der Waals surface area contributed by atoms with Gasteiger partial charge in [-0.1, -0.05) is 19.3 Å². The molecule has 110 valence electrons. The second kappa shape index (κ2) is 4.85. The lowest BCUT2D eigenvalue weighted by molar-refractivity contribution is 0.0696. The van der Waals surface area contributed by atoms with E-state index in [1.54, 1.807) is 0 Å². The number of nitrogens with two attached hydrogens (primary N) is 1. The Bertz CT molecular complexity index is 669. The van der Waals surface area contributed by atoms with Gasteiger partial charge < -0.3 is 10.8 Å². The van der Waals surface area contributed by atoms with E-state index >= 15 is 0 Å². The highest BCUT2D eigenvalue weighted by atomic mass is 32.1. The number of Topliss-reactive ketones (excluding diaryl/α,β-unsaturated/α-hetero) is 1. The molecule has 6 heteroatoms. The summed E-state index contributed by atoms with van der Waals surface area (Å²) in [5, 5.41) is 19.0. The van der Waals surface area contributed by atoms with Gasteiger partial charge in [0.15, 0.2) is 5.78 Å². The number of anilines is 1. The molecule has 2 aliphatic carbocycles. The Hall–Kier alpha value is -1.87. The van der Waals surface area contributed by atoms with Crippen molar-refractivity contribution < 1.29 is 14.7 Å². The number of nitrogens with zero attached hydrogens (tertiary/aromatic N) is 1. The molecule has 1 atom stereocenters. The van der Waals surface area contributed by atoms with Gasteiger partial charge in [0.05, 0.1) is 16.5 Å². The predicted octanol–water partition coefficient (Wildman–Crippen LogP) is 2.86. The summed E-state index contributed by atoms with van der Waals surface area (Å²) < 4.78 is 0. The zero-order valence-electron chi connectivity index (χ0n) is 11.5. The van der Waals surface area contributed by atoms with Gasteiger partial charge in [0.2, 0.25) is 0 Å². The number of thiophene rings is 1. The molecule has 1 saturated carbocycles. The fourth-order valence-corrected chi connectivity index (χ4v) is 4.50. The highest BCUT2D eigenvalue weighted by Gasteiger charge is 2.47. The quantitative estimate of drug-likeness (QED) is 0.893. The Morgan fingerprint density at radius 1 is 1.52 bits per heavy atom. The number of carbonyl (C=O) groups excluding carboxylic acids is 1. The minimum atomic E-state index is -1.10. The number of fused-ring (bicyclic) bond motifs is 1. The maximum Gasteiger partial charge on any atom is 0.338 e. The summed E-state index contributed by atoms with van der Waals surface area (Å²) in [5.41, 5.74) is 5.35. The SMILES string of the molecule is N#CC1(CC2CCC2)CCc2c(sc(N)c2C(=O)O)C1=O. The van der Waals surface area contributed by atoms with Crippen molar-refractivity contribution in [2.45, 2.75) is 38.5 Å². The van der Waals surface area contributed by atoms with Crippen LogP contribution in [0.2, 0.25) is 0 Å². The van der Waals surface area contributed by atoms with Gasteiger partial charge in [-0.05, 0) is 30.7 Å². The van der Waals surface area contributed by atoms with Gasteiger partial charge in [-0.3, -0.25) is 4.79 Å². The number of rotatable bonds is 3. The molecule has 1 heterocycles. The standard InChI is InChI=1S/C15H16N2O3S/c16-7-15(6-8-2-1-3-8)5-4-9-10(14(19)20)13(17)21-11(9)12(15)18/h8H,1-6,17H2,(H,19,20). The summed E-state index contributed by atoms with van der Waals surface area (Å²) in [6, 6.07) is 2.23. The Morgan fingerprint density at radius 3 is 2.76 bits per heavy atom. The number of aromatic carboxylic acids is 1. The van der Waals surface area contributed by atoms with Crippen LogP contribution in [0.1, 0.15) is 57.7 Å². The normalized spacial score (nSPS) is 25.0. The van der Waals surface area contributed by atoms with Gasteiger partial charge in [0, 0.05) is 0 Å². The van der Waals surface area contributed by atoms with Crippen LogP contribution in [-0.4, -0.2) is 16.9 Å². The molecule has 21 heavy (non-hydrogen) atoms. The molecule has 1 aromatic rings. The first-order valence-corrected chi connectivity index (χ1v) is 7.90. The highest BCUT2D eigenvalue weighted by Crippen LogP contribution is 2.48. The number of ketones is 1. The van der Waals surface area contributed by atoms with Crippen molar-refractivity contribution in [2.24, 2.45) is 11.3 Å². The lowest BCUT2D eigenvalue weighted by Crippen LogP contribution is -2.37. The van der Waals surface area contributed by atoms with E-state index in [1.165, 1.54) is 6.42 Å². The van der Waals surface area contributed by atoms with Crippen LogP contribution in [-0.2, 0) is 6.42 Å². The number of hydrogen-bond acceptors (Lipinski definition) is 5. The third-order valence-electron chi connectivity index (χ3n) is 4.77. The topological polar surface area (TPSA) is 104 Å². The van der Waals surface area contributed by atoms with Crippen LogP contribution >= 0.6 is 11.3 Å². The summed E-state index contributed by atoms with van der Waals surface area (Å²) in [5.74, 6) is -0.866. The molecule has 0 saturated heterocycles. The van der Waals surface area contributed by atoms with Crippen LogP contribution in [0.15, 0.2) is 0 Å². The first kappa shape index (κ1) is 14.1. The average Bonchev–Trinajstić information content (AvgIpc) is 2.74. The average molecular weight is 304 g/mol. The van der Waals surface area contributed by atoms with Crippen molar-refractivity contribution in [1.82, 2.24) is 0 Å². The molecule has 2 aliphatic rings. The molecule has 0 radical (unpaired) electrons. The Balaban J connectivity index is 2.00. The molecule has 5 nitrogen and oxygen atoms in total. The van der Waals surface area contributed by atoms with Crippen molar-refractivity contribution in [3.8, 4) is 6.07 Å². The third kappa shape index (κ3) is 2.04. The van der Waals surface area contributed by atoms with E-state index in [4.69, 9.17) is 5.73 Å². The second-order valence-electron chi connectivity index (χ2n) is 5.98. The summed E-state index contributed by atoms with van der Waals surface area (Å²) in [7, 11) is 0. The largest absolute Gasteiger partial charge is 0.478 e. The molecule has 0 bridgehead atoms. The molecule has 1 fully saturated rings. The Morgan fingerprint density at radius 2 is 2.24 bits per heavy atom. The summed E-state index contributed by atoms with van der Waals surface area (Å²) in [6.07, 6.45) is 4.77. The van der Waals surface area contributed by atoms with E-state index in [0.29, 0.717) is 35.6 Å². The van der Waals surface area contributed by atoms with Crippen molar-refractivity contribution in [3.05, 3.63) is 16.0 Å². The van der Waals surface area contributed by atoms with Gasteiger partial charge in [-0.2, -0.15) is 5.26 Å². The molecule has 1 aromatic heterocycles. The lowest BCUT2D eigenvalue weighted by Gasteiger charge is -2.35. The molecule has 0 aliphatic heterocycles. The van der Waals surface area contributed by atoms with Crippen molar-refractivity contribution in [1.29, 1.82) is 5.26 Å². The zero-order valence-corrected chi connectivity index (χ0v) is 12.3. The second-order valence-corrected chi connectivity index (χ2v) is 7.03. The molecule has 1 unspecified atom stereocenters. The molecule has 0 amide bonds. The maximum absolute atomic E-state index is 12.8. The maximum atomic E-state index is 12.8. The van der Waals surface area contributed by atoms with E-state index < -0.39 is 11.4 Å². The van der Waals surface area contributed by atoms with E-state index in [9.17, 15) is 20.0 Å². The number of carboxylic acid groups (broad SMARTS) is 1. The number of hydrogen-bond donors (Lipinski definition) is 2. The number of carbonyl (C=O) groups is 2. The molecule has 3 N–H and O–H groups in total. The van der Waals surface area contributed by atoms with Crippen molar-refractivity contribution in [2.75, 3.05) is 5.73 Å². The number of nitrogen functional groups attached to an aromatic ring is 1. The van der Waals surface area contributed by atoms with Crippen molar-refractivity contribution >= 4 is 28.1 Å². The van der Waals surface area contributed by atoms with Crippen LogP contribution in [0.3, 0.4) is 0 Å². The summed E-state index contributed by atoms with van der Waals surface area (Å²) >= 11 is 1.02. The number of carboxylic acids is 1. The minimum Gasteiger partial charge on any atom is -0.478 e. The molecule has 0 aromatic carbocycles. The fourth-order valence-electron chi connectivity index (χ4n) is 3.35. The van der Waals surface area contributed by atoms with Crippen LogP contribution < -0.4 is 5.73 Å². The van der Waals surface area contributed by atoms with E-state index in [1.807, 2.05) is 0 Å². The van der Waals surface area contributed by atoms with E-state index in [-0.39, 0.29) is 16.3 Å². The molecule has 3 rings (SSSR count). The van der Waals surface area contributed by atoms with Crippen LogP contribution in [0.25, 0.3) is 0 Å². The predicted molar refractivity (Wildman–Crippen MR) is 78.3 cm³/mol. The molecule has 0 spiro atoms. The van der Waals surface area contributed by atoms with Crippen LogP contribution in [0.5, 0.6) is 0 Å². The van der Waals surface area contributed by atoms with E-state index in [0.717, 1.165) is 24.2 Å². The van der Waals surface area contributed by atoms with Gasteiger partial charge >= 0.3 is 5.97 Å². The zero-order chi connectivity index (χ0) is 15.2. The van der Waals surface area contributed by atoms with Gasteiger partial charge in [-0.25, -0.2) is 4.79 Å². The minimum absolute atomic E-state index is 0.0542. The van der Waals surface area contributed by atoms with Crippen molar-refractivity contribution in [3.63, 3.8) is 0 Å². The van der Waals surface area contributed by atoms with Crippen LogP contribution in [0.4, 0.5) is 5.00 Å². The number of nitriles is 1. The van der Waals surface area contributed by atoms with Crippen LogP contribution in [0, 0.1) is 22.7 Å². The van der Waals surface area contributed by atoms with Gasteiger partial charge in [-0.15, -0.1) is 11.3 Å². The molecular formula is C15H16N2O3S. The summed E-state index contributed by atoms with van der Waals surface area (Å²) in [4.78, 5) is 24.4. The Kier molecular flexibility index (Phi) is 3.25. The van der Waals surface area contributed by atoms with Gasteiger partial charge in [0.1, 0.15) is 10.4 Å². The molecular weight excluding hydrogens is 288 g/mol. The van der Waals surface area contributed by atoms with Gasteiger partial charge in [0.25, 0.3) is 0 Å².